The molecular formula is C13H16IN3S. The Labute approximate surface area is 125 Å². The van der Waals surface area contributed by atoms with Crippen LogP contribution in [0.2, 0.25) is 0 Å². The molecular weight excluding hydrogens is 357 g/mol. The number of rotatable bonds is 3. The molecule has 2 aromatic rings. The summed E-state index contributed by atoms with van der Waals surface area (Å²) in [6.45, 7) is 2.20. The standard InChI is InChI=1S/C13H16IN3S/c1-8(9-6-15-16-7-9)17-11-3-2-4-12-10(11)5-13(14)18-12/h5-8,11,17H,2-4H2,1H3,(H,15,16). The van der Waals surface area contributed by atoms with E-state index in [0.717, 1.165) is 0 Å². The van der Waals surface area contributed by atoms with Crippen molar-refractivity contribution in [2.24, 2.45) is 0 Å². The Morgan fingerprint density at radius 1 is 1.61 bits per heavy atom. The van der Waals surface area contributed by atoms with Crippen molar-refractivity contribution in [3.8, 4) is 0 Å². The molecule has 3 rings (SSSR count). The second kappa shape index (κ2) is 5.30. The molecule has 2 heterocycles. The summed E-state index contributed by atoms with van der Waals surface area (Å²) >= 11 is 4.38. The molecule has 0 radical (unpaired) electrons. The monoisotopic (exact) mass is 373 g/mol. The third-order valence-electron chi connectivity index (χ3n) is 3.55. The van der Waals surface area contributed by atoms with Gasteiger partial charge in [0.2, 0.25) is 0 Å². The highest BCUT2D eigenvalue weighted by Crippen LogP contribution is 2.37. The molecule has 5 heteroatoms. The van der Waals surface area contributed by atoms with Crippen LogP contribution in [-0.2, 0) is 6.42 Å². The van der Waals surface area contributed by atoms with E-state index in [2.05, 4.69) is 51.1 Å². The van der Waals surface area contributed by atoms with E-state index in [-0.39, 0.29) is 0 Å². The van der Waals surface area contributed by atoms with E-state index in [9.17, 15) is 0 Å². The topological polar surface area (TPSA) is 40.7 Å². The fourth-order valence-corrected chi connectivity index (χ4v) is 4.71. The average Bonchev–Trinajstić information content (AvgIpc) is 2.96. The van der Waals surface area contributed by atoms with Crippen molar-refractivity contribution in [2.45, 2.75) is 38.3 Å². The van der Waals surface area contributed by atoms with Gasteiger partial charge in [-0.3, -0.25) is 5.10 Å². The van der Waals surface area contributed by atoms with Crippen LogP contribution in [0.25, 0.3) is 0 Å². The van der Waals surface area contributed by atoms with Gasteiger partial charge in [-0.25, -0.2) is 0 Å². The number of aromatic amines is 1. The Hall–Kier alpha value is -0.400. The van der Waals surface area contributed by atoms with Crippen LogP contribution in [0.15, 0.2) is 18.5 Å². The van der Waals surface area contributed by atoms with Gasteiger partial charge in [0.15, 0.2) is 0 Å². The van der Waals surface area contributed by atoms with Crippen molar-refractivity contribution in [3.05, 3.63) is 37.3 Å². The van der Waals surface area contributed by atoms with Crippen LogP contribution in [0.3, 0.4) is 0 Å². The summed E-state index contributed by atoms with van der Waals surface area (Å²) in [6.07, 6.45) is 7.65. The van der Waals surface area contributed by atoms with E-state index in [1.54, 1.807) is 4.88 Å². The van der Waals surface area contributed by atoms with Gasteiger partial charge in [-0.05, 0) is 60.4 Å². The summed E-state index contributed by atoms with van der Waals surface area (Å²) in [7, 11) is 0. The van der Waals surface area contributed by atoms with Crippen LogP contribution < -0.4 is 5.32 Å². The molecule has 3 nitrogen and oxygen atoms in total. The first kappa shape index (κ1) is 12.6. The van der Waals surface area contributed by atoms with E-state index < -0.39 is 0 Å². The molecule has 96 valence electrons. The fraction of sp³-hybridized carbons (Fsp3) is 0.462. The quantitative estimate of drug-likeness (QED) is 0.804. The zero-order chi connectivity index (χ0) is 12.5. The molecule has 2 N–H and O–H groups in total. The first-order valence-electron chi connectivity index (χ1n) is 6.27. The second-order valence-electron chi connectivity index (χ2n) is 4.79. The molecule has 0 aromatic carbocycles. The highest BCUT2D eigenvalue weighted by molar-refractivity contribution is 14.1. The van der Waals surface area contributed by atoms with Gasteiger partial charge in [-0.1, -0.05) is 0 Å². The summed E-state index contributed by atoms with van der Waals surface area (Å²) in [4.78, 5) is 1.57. The van der Waals surface area contributed by atoms with Crippen molar-refractivity contribution in [1.82, 2.24) is 15.5 Å². The molecule has 2 aromatic heterocycles. The molecule has 0 fully saturated rings. The predicted octanol–water partition coefficient (Wildman–Crippen LogP) is 3.80. The molecule has 1 aliphatic carbocycles. The summed E-state index contributed by atoms with van der Waals surface area (Å²) in [5, 5.41) is 10.6. The maximum absolute atomic E-state index is 4.02. The number of fused-ring (bicyclic) bond motifs is 1. The third kappa shape index (κ3) is 2.48. The molecule has 0 saturated carbocycles. The molecule has 0 aliphatic heterocycles. The van der Waals surface area contributed by atoms with E-state index in [0.29, 0.717) is 12.1 Å². The van der Waals surface area contributed by atoms with E-state index in [1.165, 1.54) is 33.3 Å². The number of halogens is 1. The summed E-state index contributed by atoms with van der Waals surface area (Å²) < 4.78 is 1.40. The molecule has 1 aliphatic rings. The normalized spacial score (nSPS) is 20.7. The van der Waals surface area contributed by atoms with Crippen molar-refractivity contribution in [3.63, 3.8) is 0 Å². The minimum atomic E-state index is 0.345. The van der Waals surface area contributed by atoms with Crippen LogP contribution in [0, 0.1) is 2.88 Å². The zero-order valence-corrected chi connectivity index (χ0v) is 13.2. The summed E-state index contributed by atoms with van der Waals surface area (Å²) in [6, 6.07) is 3.19. The van der Waals surface area contributed by atoms with Gasteiger partial charge in [0.25, 0.3) is 0 Å². The lowest BCUT2D eigenvalue weighted by Gasteiger charge is -2.26. The molecule has 0 saturated heterocycles. The number of nitrogens with one attached hydrogen (secondary N) is 2. The van der Waals surface area contributed by atoms with Crippen LogP contribution >= 0.6 is 33.9 Å². The highest BCUT2D eigenvalue weighted by Gasteiger charge is 2.24. The summed E-state index contributed by atoms with van der Waals surface area (Å²) in [5.41, 5.74) is 2.75. The van der Waals surface area contributed by atoms with Gasteiger partial charge in [-0.15, -0.1) is 11.3 Å². The maximum Gasteiger partial charge on any atom is 0.0659 e. The van der Waals surface area contributed by atoms with E-state index in [1.807, 2.05) is 23.7 Å². The highest BCUT2D eigenvalue weighted by atomic mass is 127. The lowest BCUT2D eigenvalue weighted by Crippen LogP contribution is -2.26. The van der Waals surface area contributed by atoms with Crippen LogP contribution in [0.5, 0.6) is 0 Å². The van der Waals surface area contributed by atoms with Gasteiger partial charge in [0.05, 0.1) is 9.08 Å². The Balaban J connectivity index is 1.78. The van der Waals surface area contributed by atoms with Gasteiger partial charge in [-0.2, -0.15) is 5.10 Å². The number of nitrogens with zero attached hydrogens (tertiary/aromatic N) is 1. The Morgan fingerprint density at radius 2 is 2.50 bits per heavy atom. The van der Waals surface area contributed by atoms with Gasteiger partial charge >= 0.3 is 0 Å². The Bertz CT molecular complexity index is 520. The predicted molar refractivity (Wildman–Crippen MR) is 82.9 cm³/mol. The van der Waals surface area contributed by atoms with Gasteiger partial charge < -0.3 is 5.32 Å². The smallest absolute Gasteiger partial charge is 0.0659 e. The number of hydrogen-bond acceptors (Lipinski definition) is 3. The first-order valence-corrected chi connectivity index (χ1v) is 8.16. The number of H-pyrrole nitrogens is 1. The molecule has 18 heavy (non-hydrogen) atoms. The largest absolute Gasteiger partial charge is 0.303 e. The molecule has 2 unspecified atom stereocenters. The van der Waals surface area contributed by atoms with Crippen molar-refractivity contribution in [1.29, 1.82) is 0 Å². The van der Waals surface area contributed by atoms with Crippen LogP contribution in [0.1, 0.15) is 47.9 Å². The Kier molecular flexibility index (Phi) is 3.72. The van der Waals surface area contributed by atoms with Crippen molar-refractivity contribution < 1.29 is 0 Å². The fourth-order valence-electron chi connectivity index (χ4n) is 2.59. The number of aromatic nitrogens is 2. The first-order chi connectivity index (χ1) is 8.74. The minimum Gasteiger partial charge on any atom is -0.303 e. The SMILES string of the molecule is CC(NC1CCCc2sc(I)cc21)c1cn[nH]c1. The molecule has 0 amide bonds. The van der Waals surface area contributed by atoms with Crippen molar-refractivity contribution >= 4 is 33.9 Å². The third-order valence-corrected chi connectivity index (χ3v) is 5.53. The van der Waals surface area contributed by atoms with Gasteiger partial charge in [0, 0.05) is 28.7 Å². The zero-order valence-electron chi connectivity index (χ0n) is 10.2. The van der Waals surface area contributed by atoms with Gasteiger partial charge in [0.1, 0.15) is 0 Å². The second-order valence-corrected chi connectivity index (χ2v) is 7.82. The Morgan fingerprint density at radius 3 is 3.28 bits per heavy atom. The lowest BCUT2D eigenvalue weighted by molar-refractivity contribution is 0.418. The minimum absolute atomic E-state index is 0.345. The lowest BCUT2D eigenvalue weighted by atomic mass is 9.93. The van der Waals surface area contributed by atoms with Crippen LogP contribution in [-0.4, -0.2) is 10.2 Å². The molecule has 2 atom stereocenters. The summed E-state index contributed by atoms with van der Waals surface area (Å²) in [5.74, 6) is 0. The van der Waals surface area contributed by atoms with E-state index >= 15 is 0 Å². The number of aryl methyl sites for hydroxylation is 1. The number of hydrogen-bond donors (Lipinski definition) is 2. The van der Waals surface area contributed by atoms with Crippen LogP contribution in [0.4, 0.5) is 0 Å². The van der Waals surface area contributed by atoms with Crippen molar-refractivity contribution in [2.75, 3.05) is 0 Å². The number of thiophene rings is 1. The van der Waals surface area contributed by atoms with E-state index in [4.69, 9.17) is 0 Å². The molecule has 0 spiro atoms. The maximum atomic E-state index is 4.02. The average molecular weight is 373 g/mol. The molecule has 0 bridgehead atoms.